The second-order valence-electron chi connectivity index (χ2n) is 5.65. The first-order valence-corrected chi connectivity index (χ1v) is 9.79. The molecule has 1 N–H and O–H groups in total. The zero-order valence-corrected chi connectivity index (χ0v) is 16.2. The molecule has 0 fully saturated rings. The molecule has 0 aliphatic heterocycles. The third-order valence-corrected chi connectivity index (χ3v) is 5.83. The van der Waals surface area contributed by atoms with Crippen LogP contribution in [-0.2, 0) is 14.3 Å². The number of hydrogen-bond acceptors (Lipinski definition) is 7. The first-order valence-electron chi connectivity index (χ1n) is 7.98. The van der Waals surface area contributed by atoms with E-state index in [0.29, 0.717) is 5.69 Å². The van der Waals surface area contributed by atoms with Gasteiger partial charge >= 0.3 is 5.97 Å². The summed E-state index contributed by atoms with van der Waals surface area (Å²) in [6.45, 7) is 3.61. The van der Waals surface area contributed by atoms with Crippen molar-refractivity contribution in [2.75, 3.05) is 17.7 Å². The standard InChI is InChI=1S/C18H16FN3O3S2/c1-10-11(2)27-18-16(10)17(20-9-21-18)26-8-15(24)25-7-14(23)22-13-5-3-12(19)4-6-13/h3-6,9H,7-8H2,1-2H3,(H,22,23). The minimum Gasteiger partial charge on any atom is -0.455 e. The summed E-state index contributed by atoms with van der Waals surface area (Å²) in [4.78, 5) is 34.3. The summed E-state index contributed by atoms with van der Waals surface area (Å²) >= 11 is 2.84. The molecule has 0 aliphatic carbocycles. The van der Waals surface area contributed by atoms with Gasteiger partial charge in [0.15, 0.2) is 6.61 Å². The van der Waals surface area contributed by atoms with Gasteiger partial charge in [0.1, 0.15) is 22.0 Å². The van der Waals surface area contributed by atoms with E-state index in [9.17, 15) is 14.0 Å². The Morgan fingerprint density at radius 2 is 1.96 bits per heavy atom. The van der Waals surface area contributed by atoms with Crippen molar-refractivity contribution < 1.29 is 18.7 Å². The highest BCUT2D eigenvalue weighted by molar-refractivity contribution is 8.00. The van der Waals surface area contributed by atoms with Crippen LogP contribution in [0.4, 0.5) is 10.1 Å². The van der Waals surface area contributed by atoms with Crippen molar-refractivity contribution in [3.8, 4) is 0 Å². The van der Waals surface area contributed by atoms with Gasteiger partial charge < -0.3 is 10.1 Å². The van der Waals surface area contributed by atoms with Crippen molar-refractivity contribution in [3.63, 3.8) is 0 Å². The fourth-order valence-corrected chi connectivity index (χ4v) is 4.22. The van der Waals surface area contributed by atoms with Crippen molar-refractivity contribution in [1.82, 2.24) is 9.97 Å². The Kier molecular flexibility index (Phi) is 6.02. The lowest BCUT2D eigenvalue weighted by Crippen LogP contribution is -2.21. The van der Waals surface area contributed by atoms with Gasteiger partial charge in [0.05, 0.1) is 5.75 Å². The number of carbonyl (C=O) groups is 2. The number of hydrogen-bond donors (Lipinski definition) is 1. The van der Waals surface area contributed by atoms with Gasteiger partial charge in [-0.05, 0) is 43.7 Å². The second-order valence-corrected chi connectivity index (χ2v) is 7.81. The van der Waals surface area contributed by atoms with E-state index in [1.807, 2.05) is 13.8 Å². The molecule has 6 nitrogen and oxygen atoms in total. The molecule has 0 saturated heterocycles. The van der Waals surface area contributed by atoms with Crippen molar-refractivity contribution in [2.24, 2.45) is 0 Å². The van der Waals surface area contributed by atoms with Crippen LogP contribution in [0.3, 0.4) is 0 Å². The second kappa shape index (κ2) is 8.45. The maximum Gasteiger partial charge on any atom is 0.316 e. The highest BCUT2D eigenvalue weighted by atomic mass is 32.2. The van der Waals surface area contributed by atoms with Crippen LogP contribution in [0.2, 0.25) is 0 Å². The zero-order valence-electron chi connectivity index (χ0n) is 14.6. The minimum absolute atomic E-state index is 0.0320. The van der Waals surface area contributed by atoms with E-state index in [2.05, 4.69) is 15.3 Å². The minimum atomic E-state index is -0.523. The Balaban J connectivity index is 1.51. The average Bonchev–Trinajstić information content (AvgIpc) is 2.95. The summed E-state index contributed by atoms with van der Waals surface area (Å²) < 4.78 is 17.8. The predicted molar refractivity (Wildman–Crippen MR) is 104 cm³/mol. The van der Waals surface area contributed by atoms with Crippen LogP contribution in [0, 0.1) is 19.7 Å². The molecule has 3 rings (SSSR count). The number of rotatable bonds is 6. The Morgan fingerprint density at radius 3 is 2.70 bits per heavy atom. The quantitative estimate of drug-likeness (QED) is 0.382. The van der Waals surface area contributed by atoms with Crippen LogP contribution in [0.1, 0.15) is 10.4 Å². The van der Waals surface area contributed by atoms with Gasteiger partial charge in [-0.25, -0.2) is 14.4 Å². The third-order valence-electron chi connectivity index (χ3n) is 3.75. The molecule has 140 valence electrons. The molecule has 0 aliphatic rings. The van der Waals surface area contributed by atoms with Gasteiger partial charge in [-0.1, -0.05) is 11.8 Å². The fraction of sp³-hybridized carbons (Fsp3) is 0.222. The molecular formula is C18H16FN3O3S2. The number of benzene rings is 1. The zero-order chi connectivity index (χ0) is 19.4. The number of fused-ring (bicyclic) bond motifs is 1. The number of ether oxygens (including phenoxy) is 1. The van der Waals surface area contributed by atoms with Crippen LogP contribution in [0.5, 0.6) is 0 Å². The van der Waals surface area contributed by atoms with E-state index >= 15 is 0 Å². The average molecular weight is 405 g/mol. The van der Waals surface area contributed by atoms with Crippen molar-refractivity contribution >= 4 is 50.9 Å². The summed E-state index contributed by atoms with van der Waals surface area (Å²) in [5.74, 6) is -1.38. The van der Waals surface area contributed by atoms with Gasteiger partial charge in [-0.15, -0.1) is 11.3 Å². The lowest BCUT2D eigenvalue weighted by molar-refractivity contribution is -0.144. The van der Waals surface area contributed by atoms with Gasteiger partial charge in [0.25, 0.3) is 5.91 Å². The molecule has 2 heterocycles. The van der Waals surface area contributed by atoms with Crippen molar-refractivity contribution in [3.05, 3.63) is 46.9 Å². The van der Waals surface area contributed by atoms with Gasteiger partial charge in [0.2, 0.25) is 0 Å². The normalized spacial score (nSPS) is 10.8. The Hall–Kier alpha value is -2.52. The Morgan fingerprint density at radius 1 is 1.22 bits per heavy atom. The molecule has 0 spiro atoms. The number of thioether (sulfide) groups is 1. The van der Waals surface area contributed by atoms with Crippen LogP contribution in [-0.4, -0.2) is 34.2 Å². The van der Waals surface area contributed by atoms with E-state index in [-0.39, 0.29) is 5.75 Å². The van der Waals surface area contributed by atoms with E-state index in [4.69, 9.17) is 4.74 Å². The van der Waals surface area contributed by atoms with Crippen LogP contribution >= 0.6 is 23.1 Å². The lowest BCUT2D eigenvalue weighted by atomic mass is 10.2. The molecule has 1 amide bonds. The number of esters is 1. The maximum atomic E-state index is 12.8. The molecule has 27 heavy (non-hydrogen) atoms. The molecule has 0 saturated carbocycles. The predicted octanol–water partition coefficient (Wildman–Crippen LogP) is 3.72. The van der Waals surface area contributed by atoms with E-state index in [0.717, 1.165) is 25.7 Å². The first-order chi connectivity index (χ1) is 12.9. The van der Waals surface area contributed by atoms with Gasteiger partial charge in [0, 0.05) is 16.0 Å². The summed E-state index contributed by atoms with van der Waals surface area (Å²) in [7, 11) is 0. The molecule has 0 unspecified atom stereocenters. The van der Waals surface area contributed by atoms with E-state index in [1.54, 1.807) is 11.3 Å². The fourth-order valence-electron chi connectivity index (χ4n) is 2.30. The number of nitrogens with one attached hydrogen (secondary N) is 1. The number of carbonyl (C=O) groups excluding carboxylic acids is 2. The largest absolute Gasteiger partial charge is 0.455 e. The maximum absolute atomic E-state index is 12.8. The summed E-state index contributed by atoms with van der Waals surface area (Å²) in [6, 6.07) is 5.32. The Bertz CT molecular complexity index is 989. The topological polar surface area (TPSA) is 81.2 Å². The van der Waals surface area contributed by atoms with Crippen molar-refractivity contribution in [1.29, 1.82) is 0 Å². The Labute approximate surface area is 163 Å². The highest BCUT2D eigenvalue weighted by Gasteiger charge is 2.15. The highest BCUT2D eigenvalue weighted by Crippen LogP contribution is 2.34. The van der Waals surface area contributed by atoms with Crippen LogP contribution in [0.15, 0.2) is 35.6 Å². The molecule has 9 heteroatoms. The number of thiophene rings is 1. The van der Waals surface area contributed by atoms with Crippen molar-refractivity contribution in [2.45, 2.75) is 18.9 Å². The van der Waals surface area contributed by atoms with Crippen LogP contribution in [0.25, 0.3) is 10.2 Å². The SMILES string of the molecule is Cc1sc2ncnc(SCC(=O)OCC(=O)Nc3ccc(F)cc3)c2c1C. The first kappa shape index (κ1) is 19.2. The van der Waals surface area contributed by atoms with Crippen LogP contribution < -0.4 is 5.32 Å². The molecule has 2 aromatic heterocycles. The molecule has 0 atom stereocenters. The monoisotopic (exact) mass is 405 g/mol. The molecule has 0 bridgehead atoms. The third kappa shape index (κ3) is 4.81. The molecule has 3 aromatic rings. The number of aryl methyl sites for hydroxylation is 2. The van der Waals surface area contributed by atoms with Gasteiger partial charge in [-0.2, -0.15) is 0 Å². The molecule has 1 aromatic carbocycles. The summed E-state index contributed by atoms with van der Waals surface area (Å²) in [5, 5.41) is 4.19. The number of aromatic nitrogens is 2. The van der Waals surface area contributed by atoms with Gasteiger partial charge in [-0.3, -0.25) is 9.59 Å². The molecular weight excluding hydrogens is 389 g/mol. The lowest BCUT2D eigenvalue weighted by Gasteiger charge is -2.07. The summed E-state index contributed by atoms with van der Waals surface area (Å²) in [6.07, 6.45) is 1.47. The smallest absolute Gasteiger partial charge is 0.316 e. The van der Waals surface area contributed by atoms with E-state index < -0.39 is 24.3 Å². The number of anilines is 1. The van der Waals surface area contributed by atoms with E-state index in [1.165, 1.54) is 42.4 Å². The number of amides is 1. The molecule has 0 radical (unpaired) electrons. The number of nitrogens with zero attached hydrogens (tertiary/aromatic N) is 2. The summed E-state index contributed by atoms with van der Waals surface area (Å²) in [5.41, 5.74) is 1.53. The number of halogens is 1.